The van der Waals surface area contributed by atoms with Crippen molar-refractivity contribution in [1.82, 2.24) is 9.19 Å². The molecule has 0 aliphatic heterocycles. The first-order valence-corrected chi connectivity index (χ1v) is 8.48. The van der Waals surface area contributed by atoms with Crippen molar-refractivity contribution in [2.75, 3.05) is 6.61 Å². The Labute approximate surface area is 129 Å². The topological polar surface area (TPSA) is 61.2 Å². The zero-order valence-electron chi connectivity index (χ0n) is 12.1. The van der Waals surface area contributed by atoms with Crippen LogP contribution in [0.3, 0.4) is 0 Å². The van der Waals surface area contributed by atoms with E-state index in [2.05, 4.69) is 5.10 Å². The number of fused-ring (bicyclic) bond motifs is 1. The number of hydrogen-bond donors (Lipinski definition) is 0. The van der Waals surface area contributed by atoms with Crippen molar-refractivity contribution in [1.29, 1.82) is 0 Å². The summed E-state index contributed by atoms with van der Waals surface area (Å²) in [6, 6.07) is 12.2. The van der Waals surface area contributed by atoms with E-state index >= 15 is 0 Å². The van der Waals surface area contributed by atoms with Crippen molar-refractivity contribution in [3.05, 3.63) is 54.9 Å². The number of benzene rings is 2. The van der Waals surface area contributed by atoms with Gasteiger partial charge < -0.3 is 4.74 Å². The minimum Gasteiger partial charge on any atom is -0.493 e. The van der Waals surface area contributed by atoms with Gasteiger partial charge in [0.05, 0.1) is 17.7 Å². The van der Waals surface area contributed by atoms with Crippen LogP contribution in [0.2, 0.25) is 0 Å². The molecule has 3 aromatic rings. The van der Waals surface area contributed by atoms with E-state index in [4.69, 9.17) is 4.74 Å². The average molecular weight is 316 g/mol. The quantitative estimate of drug-likeness (QED) is 0.726. The lowest BCUT2D eigenvalue weighted by Crippen LogP contribution is -2.14. The first-order valence-electron chi connectivity index (χ1n) is 7.04. The highest BCUT2D eigenvalue weighted by molar-refractivity contribution is 7.90. The van der Waals surface area contributed by atoms with Crippen molar-refractivity contribution in [3.63, 3.8) is 0 Å². The lowest BCUT2D eigenvalue weighted by molar-refractivity contribution is 0.321. The molecule has 3 rings (SSSR count). The fourth-order valence-electron chi connectivity index (χ4n) is 2.30. The third kappa shape index (κ3) is 2.46. The van der Waals surface area contributed by atoms with Gasteiger partial charge in [0.2, 0.25) is 0 Å². The SMILES string of the molecule is CCCOc1ccc(S(=O)(=O)n2cccn2)c2ccccc12. The predicted octanol–water partition coefficient (Wildman–Crippen LogP) is 3.06. The van der Waals surface area contributed by atoms with Crippen LogP contribution in [0, 0.1) is 0 Å². The van der Waals surface area contributed by atoms with Gasteiger partial charge in [-0.1, -0.05) is 31.2 Å². The van der Waals surface area contributed by atoms with Crippen molar-refractivity contribution in [2.45, 2.75) is 18.2 Å². The van der Waals surface area contributed by atoms with E-state index in [9.17, 15) is 8.42 Å². The molecule has 0 bridgehead atoms. The second kappa shape index (κ2) is 5.81. The van der Waals surface area contributed by atoms with Gasteiger partial charge in [0.25, 0.3) is 10.0 Å². The lowest BCUT2D eigenvalue weighted by Gasteiger charge is -2.12. The Balaban J connectivity index is 2.20. The standard InChI is InChI=1S/C16H16N2O3S/c1-2-12-21-15-8-9-16(14-7-4-3-6-13(14)15)22(19,20)18-11-5-10-17-18/h3-11H,2,12H2,1H3. The summed E-state index contributed by atoms with van der Waals surface area (Å²) in [6.45, 7) is 2.62. The maximum atomic E-state index is 12.7. The third-order valence-electron chi connectivity index (χ3n) is 3.31. The third-order valence-corrected chi connectivity index (χ3v) is 4.93. The van der Waals surface area contributed by atoms with E-state index in [0.717, 1.165) is 15.9 Å². The van der Waals surface area contributed by atoms with Gasteiger partial charge in [-0.3, -0.25) is 0 Å². The number of rotatable bonds is 5. The minimum atomic E-state index is -3.71. The van der Waals surface area contributed by atoms with E-state index in [1.54, 1.807) is 24.3 Å². The summed E-state index contributed by atoms with van der Waals surface area (Å²) in [4.78, 5) is 0.218. The highest BCUT2D eigenvalue weighted by atomic mass is 32.2. The van der Waals surface area contributed by atoms with E-state index in [0.29, 0.717) is 17.7 Å². The summed E-state index contributed by atoms with van der Waals surface area (Å²) in [5.41, 5.74) is 0. The van der Waals surface area contributed by atoms with Crippen molar-refractivity contribution < 1.29 is 13.2 Å². The Bertz CT molecular complexity index is 887. The van der Waals surface area contributed by atoms with Crippen molar-refractivity contribution >= 4 is 20.8 Å². The molecule has 0 N–H and O–H groups in total. The number of nitrogens with zero attached hydrogens (tertiary/aromatic N) is 2. The van der Waals surface area contributed by atoms with Gasteiger partial charge in [0.1, 0.15) is 5.75 Å². The van der Waals surface area contributed by atoms with Crippen LogP contribution in [-0.4, -0.2) is 24.2 Å². The summed E-state index contributed by atoms with van der Waals surface area (Å²) in [7, 11) is -3.71. The van der Waals surface area contributed by atoms with E-state index in [-0.39, 0.29) is 4.90 Å². The van der Waals surface area contributed by atoms with Crippen LogP contribution < -0.4 is 4.74 Å². The predicted molar refractivity (Wildman–Crippen MR) is 84.5 cm³/mol. The molecule has 0 aliphatic rings. The minimum absolute atomic E-state index is 0.218. The molecule has 5 nitrogen and oxygen atoms in total. The molecule has 0 saturated heterocycles. The molecular weight excluding hydrogens is 300 g/mol. The molecule has 0 unspecified atom stereocenters. The van der Waals surface area contributed by atoms with Crippen molar-refractivity contribution in [2.24, 2.45) is 0 Å². The molecule has 2 aromatic carbocycles. The molecule has 22 heavy (non-hydrogen) atoms. The van der Waals surface area contributed by atoms with Gasteiger partial charge in [-0.15, -0.1) is 0 Å². The second-order valence-electron chi connectivity index (χ2n) is 4.84. The van der Waals surface area contributed by atoms with Crippen LogP contribution >= 0.6 is 0 Å². The summed E-state index contributed by atoms with van der Waals surface area (Å²) in [6.07, 6.45) is 3.76. The molecule has 0 radical (unpaired) electrons. The van der Waals surface area contributed by atoms with Crippen LogP contribution in [0.15, 0.2) is 59.8 Å². The smallest absolute Gasteiger partial charge is 0.283 e. The highest BCUT2D eigenvalue weighted by Crippen LogP contribution is 2.31. The summed E-state index contributed by atoms with van der Waals surface area (Å²) in [5.74, 6) is 0.692. The zero-order valence-corrected chi connectivity index (χ0v) is 13.0. The van der Waals surface area contributed by atoms with Crippen LogP contribution in [0.25, 0.3) is 10.8 Å². The number of ether oxygens (including phenoxy) is 1. The van der Waals surface area contributed by atoms with Gasteiger partial charge in [-0.2, -0.15) is 17.6 Å². The van der Waals surface area contributed by atoms with Crippen molar-refractivity contribution in [3.8, 4) is 5.75 Å². The Kier molecular flexibility index (Phi) is 3.85. The van der Waals surface area contributed by atoms with Crippen LogP contribution in [0.4, 0.5) is 0 Å². The molecule has 1 aromatic heterocycles. The van der Waals surface area contributed by atoms with Gasteiger partial charge >= 0.3 is 0 Å². The fourth-order valence-corrected chi connectivity index (χ4v) is 3.61. The monoisotopic (exact) mass is 316 g/mol. The van der Waals surface area contributed by atoms with Crippen LogP contribution in [0.1, 0.15) is 13.3 Å². The Morgan fingerprint density at radius 3 is 2.55 bits per heavy atom. The van der Waals surface area contributed by atoms with E-state index in [1.807, 2.05) is 25.1 Å². The van der Waals surface area contributed by atoms with Gasteiger partial charge in [-0.25, -0.2) is 0 Å². The second-order valence-corrected chi connectivity index (χ2v) is 6.60. The molecule has 0 saturated carbocycles. The molecule has 1 heterocycles. The first kappa shape index (κ1) is 14.6. The largest absolute Gasteiger partial charge is 0.493 e. The number of aromatic nitrogens is 2. The molecule has 114 valence electrons. The first-order chi connectivity index (χ1) is 10.6. The maximum Gasteiger partial charge on any atom is 0.283 e. The molecular formula is C16H16N2O3S. The van der Waals surface area contributed by atoms with E-state index < -0.39 is 10.0 Å². The van der Waals surface area contributed by atoms with Crippen LogP contribution in [-0.2, 0) is 10.0 Å². The Hall–Kier alpha value is -2.34. The van der Waals surface area contributed by atoms with Gasteiger partial charge in [0.15, 0.2) is 0 Å². The molecule has 0 amide bonds. The van der Waals surface area contributed by atoms with Crippen LogP contribution in [0.5, 0.6) is 5.75 Å². The fraction of sp³-hybridized carbons (Fsp3) is 0.188. The van der Waals surface area contributed by atoms with Gasteiger partial charge in [0, 0.05) is 17.0 Å². The lowest BCUT2D eigenvalue weighted by atomic mass is 10.1. The zero-order chi connectivity index (χ0) is 15.6. The highest BCUT2D eigenvalue weighted by Gasteiger charge is 2.21. The molecule has 0 atom stereocenters. The van der Waals surface area contributed by atoms with Gasteiger partial charge in [-0.05, 0) is 24.6 Å². The number of hydrogen-bond acceptors (Lipinski definition) is 4. The summed E-state index contributed by atoms with van der Waals surface area (Å²) >= 11 is 0. The molecule has 0 fully saturated rings. The molecule has 0 aliphatic carbocycles. The Morgan fingerprint density at radius 1 is 1.09 bits per heavy atom. The normalized spacial score (nSPS) is 11.7. The molecule has 6 heteroatoms. The summed E-state index contributed by atoms with van der Waals surface area (Å²) in [5, 5.41) is 5.25. The Morgan fingerprint density at radius 2 is 1.86 bits per heavy atom. The maximum absolute atomic E-state index is 12.7. The molecule has 0 spiro atoms. The summed E-state index contributed by atoms with van der Waals surface area (Å²) < 4.78 is 32.1. The average Bonchev–Trinajstić information content (AvgIpc) is 3.07. The van der Waals surface area contributed by atoms with E-state index in [1.165, 1.54) is 12.4 Å².